The summed E-state index contributed by atoms with van der Waals surface area (Å²) in [5.41, 5.74) is 2.88. The summed E-state index contributed by atoms with van der Waals surface area (Å²) in [4.78, 5) is 24.6. The monoisotopic (exact) mass is 437 g/mol. The lowest BCUT2D eigenvalue weighted by Crippen LogP contribution is -2.12. The van der Waals surface area contributed by atoms with Crippen molar-refractivity contribution in [2.24, 2.45) is 0 Å². The van der Waals surface area contributed by atoms with Gasteiger partial charge in [-0.1, -0.05) is 17.7 Å². The van der Waals surface area contributed by atoms with E-state index in [1.165, 1.54) is 18.0 Å². The van der Waals surface area contributed by atoms with E-state index < -0.39 is 10.8 Å². The first-order valence-electron chi connectivity index (χ1n) is 9.13. The van der Waals surface area contributed by atoms with Gasteiger partial charge in [0.05, 0.1) is 22.7 Å². The maximum absolute atomic E-state index is 12.6. The molecule has 0 bridgehead atoms. The van der Waals surface area contributed by atoms with Crippen LogP contribution in [0.4, 0.5) is 11.4 Å². The maximum atomic E-state index is 12.6. The third-order valence-electron chi connectivity index (χ3n) is 4.67. The van der Waals surface area contributed by atoms with Crippen LogP contribution in [0.5, 0.6) is 5.75 Å². The van der Waals surface area contributed by atoms with E-state index in [0.29, 0.717) is 38.7 Å². The van der Waals surface area contributed by atoms with E-state index >= 15 is 0 Å². The second-order valence-corrected chi connectivity index (χ2v) is 7.13. The molecule has 4 rings (SSSR count). The average Bonchev–Trinajstić information content (AvgIpc) is 3.17. The van der Waals surface area contributed by atoms with Crippen molar-refractivity contribution in [3.05, 3.63) is 80.9 Å². The highest BCUT2D eigenvalue weighted by Gasteiger charge is 2.16. The molecule has 0 aliphatic heterocycles. The van der Waals surface area contributed by atoms with Gasteiger partial charge in [-0.3, -0.25) is 14.9 Å². The number of rotatable bonds is 5. The van der Waals surface area contributed by atoms with E-state index in [2.05, 4.69) is 15.5 Å². The standard InChI is InChI=1S/C21H16ClN5O4/c1-12-3-4-13(9-19(12)27(29)30)21(28)23-14-5-7-17-18(10-14)25-26(24-17)15-6-8-20(31-2)16(22)11-15/h3-11H,1-2H3,(H,23,28). The van der Waals surface area contributed by atoms with Crippen molar-refractivity contribution in [2.45, 2.75) is 6.92 Å². The van der Waals surface area contributed by atoms with Gasteiger partial charge in [0.2, 0.25) is 0 Å². The van der Waals surface area contributed by atoms with Crippen molar-refractivity contribution in [3.63, 3.8) is 0 Å². The zero-order valence-electron chi connectivity index (χ0n) is 16.5. The lowest BCUT2D eigenvalue weighted by atomic mass is 10.1. The number of hydrogen-bond acceptors (Lipinski definition) is 6. The van der Waals surface area contributed by atoms with Gasteiger partial charge in [-0.05, 0) is 49.4 Å². The van der Waals surface area contributed by atoms with Crippen molar-refractivity contribution in [2.75, 3.05) is 12.4 Å². The van der Waals surface area contributed by atoms with Gasteiger partial charge in [0.1, 0.15) is 16.8 Å². The number of nitro benzene ring substituents is 1. The first kappa shape index (κ1) is 20.3. The predicted octanol–water partition coefficient (Wildman–Crippen LogP) is 4.55. The summed E-state index contributed by atoms with van der Waals surface area (Å²) in [6, 6.07) is 14.6. The van der Waals surface area contributed by atoms with Crippen molar-refractivity contribution in [1.82, 2.24) is 15.0 Å². The fourth-order valence-corrected chi connectivity index (χ4v) is 3.29. The number of halogens is 1. The predicted molar refractivity (Wildman–Crippen MR) is 116 cm³/mol. The Balaban J connectivity index is 1.60. The topological polar surface area (TPSA) is 112 Å². The number of fused-ring (bicyclic) bond motifs is 1. The Bertz CT molecular complexity index is 1330. The molecule has 0 atom stereocenters. The Morgan fingerprint density at radius 1 is 1.10 bits per heavy atom. The molecular weight excluding hydrogens is 422 g/mol. The third-order valence-corrected chi connectivity index (χ3v) is 4.97. The Kier molecular flexibility index (Phi) is 5.26. The number of amides is 1. The van der Waals surface area contributed by atoms with Crippen LogP contribution >= 0.6 is 11.6 Å². The lowest BCUT2D eigenvalue weighted by Gasteiger charge is -2.06. The number of nitrogens with one attached hydrogen (secondary N) is 1. The highest BCUT2D eigenvalue weighted by Crippen LogP contribution is 2.27. The summed E-state index contributed by atoms with van der Waals surface area (Å²) >= 11 is 6.18. The van der Waals surface area contributed by atoms with Gasteiger partial charge in [-0.25, -0.2) is 0 Å². The molecule has 9 nitrogen and oxygen atoms in total. The minimum atomic E-state index is -0.512. The molecule has 156 valence electrons. The second kappa shape index (κ2) is 8.04. The molecule has 3 aromatic carbocycles. The molecule has 0 saturated heterocycles. The summed E-state index contributed by atoms with van der Waals surface area (Å²) < 4.78 is 5.15. The van der Waals surface area contributed by atoms with Crippen LogP contribution in [0.1, 0.15) is 15.9 Å². The van der Waals surface area contributed by atoms with E-state index in [1.54, 1.807) is 55.5 Å². The van der Waals surface area contributed by atoms with Crippen LogP contribution in [-0.2, 0) is 0 Å². The number of hydrogen-bond donors (Lipinski definition) is 1. The Morgan fingerprint density at radius 2 is 1.87 bits per heavy atom. The fourth-order valence-electron chi connectivity index (χ4n) is 3.04. The molecule has 0 spiro atoms. The van der Waals surface area contributed by atoms with Crippen molar-refractivity contribution < 1.29 is 14.5 Å². The van der Waals surface area contributed by atoms with Gasteiger partial charge in [0.25, 0.3) is 11.6 Å². The average molecular weight is 438 g/mol. The molecule has 10 heteroatoms. The zero-order chi connectivity index (χ0) is 22.1. The van der Waals surface area contributed by atoms with Crippen LogP contribution in [-0.4, -0.2) is 32.9 Å². The molecule has 1 heterocycles. The lowest BCUT2D eigenvalue weighted by molar-refractivity contribution is -0.385. The molecule has 1 N–H and O–H groups in total. The number of benzene rings is 3. The van der Waals surface area contributed by atoms with E-state index in [4.69, 9.17) is 16.3 Å². The van der Waals surface area contributed by atoms with E-state index in [9.17, 15) is 14.9 Å². The number of ether oxygens (including phenoxy) is 1. The molecule has 0 fully saturated rings. The summed E-state index contributed by atoms with van der Waals surface area (Å²) in [6.45, 7) is 1.62. The molecule has 0 aliphatic carbocycles. The van der Waals surface area contributed by atoms with Gasteiger partial charge in [-0.2, -0.15) is 4.80 Å². The molecule has 1 amide bonds. The number of carbonyl (C=O) groups excluding carboxylic acids is 1. The number of aromatic nitrogens is 3. The molecule has 1 aromatic heterocycles. The zero-order valence-corrected chi connectivity index (χ0v) is 17.3. The number of aryl methyl sites for hydroxylation is 1. The van der Waals surface area contributed by atoms with Crippen molar-refractivity contribution in [3.8, 4) is 11.4 Å². The molecular formula is C21H16ClN5O4. The van der Waals surface area contributed by atoms with Crippen LogP contribution in [0.3, 0.4) is 0 Å². The van der Waals surface area contributed by atoms with E-state index in [1.807, 2.05) is 0 Å². The smallest absolute Gasteiger partial charge is 0.273 e. The Morgan fingerprint density at radius 3 is 2.58 bits per heavy atom. The Hall–Kier alpha value is -3.98. The summed E-state index contributed by atoms with van der Waals surface area (Å²) in [7, 11) is 1.53. The van der Waals surface area contributed by atoms with Crippen LogP contribution in [0.2, 0.25) is 5.02 Å². The number of carbonyl (C=O) groups is 1. The third kappa shape index (κ3) is 4.03. The van der Waals surface area contributed by atoms with E-state index in [0.717, 1.165) is 0 Å². The van der Waals surface area contributed by atoms with Gasteiger partial charge < -0.3 is 10.1 Å². The van der Waals surface area contributed by atoms with Gasteiger partial charge >= 0.3 is 0 Å². The highest BCUT2D eigenvalue weighted by molar-refractivity contribution is 6.32. The number of anilines is 1. The summed E-state index contributed by atoms with van der Waals surface area (Å²) in [6.07, 6.45) is 0. The molecule has 4 aromatic rings. The van der Waals surface area contributed by atoms with Crippen molar-refractivity contribution in [1.29, 1.82) is 0 Å². The molecule has 0 aliphatic rings. The normalized spacial score (nSPS) is 10.8. The summed E-state index contributed by atoms with van der Waals surface area (Å²) in [5.74, 6) is 0.0836. The van der Waals surface area contributed by atoms with Crippen LogP contribution < -0.4 is 10.1 Å². The molecule has 31 heavy (non-hydrogen) atoms. The maximum Gasteiger partial charge on any atom is 0.273 e. The first-order chi connectivity index (χ1) is 14.9. The highest BCUT2D eigenvalue weighted by atomic mass is 35.5. The Labute approximate surface area is 181 Å². The first-order valence-corrected chi connectivity index (χ1v) is 9.51. The SMILES string of the molecule is COc1ccc(-n2nc3ccc(NC(=O)c4ccc(C)c([N+](=O)[O-])c4)cc3n2)cc1Cl. The minimum absolute atomic E-state index is 0.107. The molecule has 0 radical (unpaired) electrons. The van der Waals surface area contributed by atoms with Gasteiger partial charge in [0, 0.05) is 22.9 Å². The van der Waals surface area contributed by atoms with Crippen molar-refractivity contribution >= 4 is 39.9 Å². The largest absolute Gasteiger partial charge is 0.495 e. The second-order valence-electron chi connectivity index (χ2n) is 6.72. The van der Waals surface area contributed by atoms with Crippen LogP contribution in [0, 0.1) is 17.0 Å². The molecule has 0 saturated carbocycles. The quantitative estimate of drug-likeness (QED) is 0.362. The summed E-state index contributed by atoms with van der Waals surface area (Å²) in [5, 5.41) is 23.1. The van der Waals surface area contributed by atoms with Gasteiger partial charge in [-0.15, -0.1) is 10.2 Å². The van der Waals surface area contributed by atoms with E-state index in [-0.39, 0.29) is 11.3 Å². The van der Waals surface area contributed by atoms with Crippen LogP contribution in [0.15, 0.2) is 54.6 Å². The number of methoxy groups -OCH3 is 1. The number of nitrogens with zero attached hydrogens (tertiary/aromatic N) is 4. The van der Waals surface area contributed by atoms with Crippen LogP contribution in [0.25, 0.3) is 16.7 Å². The number of nitro groups is 1. The minimum Gasteiger partial charge on any atom is -0.495 e. The fraction of sp³-hybridized carbons (Fsp3) is 0.0952. The molecule has 0 unspecified atom stereocenters. The van der Waals surface area contributed by atoms with Gasteiger partial charge in [0.15, 0.2) is 0 Å².